The molecule has 2 aliphatic rings. The number of hydrogen-bond donors (Lipinski definition) is 2. The van der Waals surface area contributed by atoms with Crippen molar-refractivity contribution in [2.75, 3.05) is 32.6 Å². The third-order valence-electron chi connectivity index (χ3n) is 5.51. The molecule has 2 N–H and O–H groups in total. The predicted octanol–water partition coefficient (Wildman–Crippen LogP) is 1.89. The summed E-state index contributed by atoms with van der Waals surface area (Å²) in [6.07, 6.45) is 2.72. The van der Waals surface area contributed by atoms with Gasteiger partial charge in [-0.25, -0.2) is 0 Å². The molecule has 2 aromatic rings. The molecule has 8 heteroatoms. The zero-order valence-corrected chi connectivity index (χ0v) is 17.1. The smallest absolute Gasteiger partial charge is 0.253 e. The number of amides is 2. The molecular formula is C21H27N5O3. The summed E-state index contributed by atoms with van der Waals surface area (Å²) in [7, 11) is 5.38. The molecule has 1 aliphatic carbocycles. The van der Waals surface area contributed by atoms with Gasteiger partial charge < -0.3 is 19.9 Å². The van der Waals surface area contributed by atoms with Crippen LogP contribution in [0.2, 0.25) is 0 Å². The molecule has 0 radical (unpaired) electrons. The summed E-state index contributed by atoms with van der Waals surface area (Å²) >= 11 is 0. The minimum Gasteiger partial charge on any atom is -0.489 e. The van der Waals surface area contributed by atoms with Crippen LogP contribution < -0.4 is 15.0 Å². The summed E-state index contributed by atoms with van der Waals surface area (Å²) in [6, 6.07) is 7.34. The Bertz CT molecular complexity index is 919. The van der Waals surface area contributed by atoms with Crippen LogP contribution in [0, 0.1) is 0 Å². The number of ether oxygens (including phenoxy) is 1. The normalized spacial score (nSPS) is 18.0. The van der Waals surface area contributed by atoms with E-state index in [1.807, 2.05) is 30.1 Å². The number of aromatic amines is 1. The molecule has 2 amide bonds. The van der Waals surface area contributed by atoms with Crippen molar-refractivity contribution < 1.29 is 14.3 Å². The van der Waals surface area contributed by atoms with E-state index in [1.165, 1.54) is 12.8 Å². The Morgan fingerprint density at radius 3 is 2.83 bits per heavy atom. The Labute approximate surface area is 170 Å². The summed E-state index contributed by atoms with van der Waals surface area (Å²) in [5, 5.41) is 10.3. The van der Waals surface area contributed by atoms with E-state index in [0.29, 0.717) is 31.1 Å². The van der Waals surface area contributed by atoms with Gasteiger partial charge in [0.1, 0.15) is 12.4 Å². The number of benzene rings is 1. The van der Waals surface area contributed by atoms with E-state index in [1.54, 1.807) is 25.1 Å². The monoisotopic (exact) mass is 397 g/mol. The summed E-state index contributed by atoms with van der Waals surface area (Å²) in [5.41, 5.74) is 3.43. The third kappa shape index (κ3) is 4.21. The number of hydrogen-bond acceptors (Lipinski definition) is 5. The van der Waals surface area contributed by atoms with Crippen LogP contribution in [0.3, 0.4) is 0 Å². The highest BCUT2D eigenvalue weighted by molar-refractivity contribution is 5.95. The number of nitrogens with zero attached hydrogens (tertiary/aromatic N) is 3. The average Bonchev–Trinajstić information content (AvgIpc) is 3.46. The van der Waals surface area contributed by atoms with Crippen LogP contribution in [0.4, 0.5) is 5.69 Å². The molecular weight excluding hydrogens is 370 g/mol. The molecule has 1 aromatic heterocycles. The highest BCUT2D eigenvalue weighted by atomic mass is 16.5. The standard InChI is InChI=1S/C21H27N5O3/c1-25(2)21(28)14-6-7-19-18(8-14)26(3)16(12-29-19)10-20(27)22-11-15-9-17(24-23-15)13-4-5-13/h6-9,13,16H,4-5,10-12H2,1-3H3,(H,22,27)(H,23,24). The maximum atomic E-state index is 12.5. The zero-order valence-electron chi connectivity index (χ0n) is 17.1. The second-order valence-corrected chi connectivity index (χ2v) is 8.03. The Kier molecular flexibility index (Phi) is 5.17. The summed E-state index contributed by atoms with van der Waals surface area (Å²) in [4.78, 5) is 28.3. The number of aromatic nitrogens is 2. The van der Waals surface area contributed by atoms with Crippen molar-refractivity contribution in [2.45, 2.75) is 37.8 Å². The SMILES string of the molecule is CN(C)C(=O)c1ccc2c(c1)N(C)C(CC(=O)NCc1cc(C3CC3)n[nH]1)CO2. The fraction of sp³-hybridized carbons (Fsp3) is 0.476. The van der Waals surface area contributed by atoms with E-state index < -0.39 is 0 Å². The maximum absolute atomic E-state index is 12.5. The lowest BCUT2D eigenvalue weighted by Gasteiger charge is -2.35. The summed E-state index contributed by atoms with van der Waals surface area (Å²) < 4.78 is 5.84. The number of H-pyrrole nitrogens is 1. The Balaban J connectivity index is 1.36. The molecule has 154 valence electrons. The number of likely N-dealkylation sites (N-methyl/N-ethyl adjacent to an activating group) is 1. The van der Waals surface area contributed by atoms with Crippen LogP contribution in [0.5, 0.6) is 5.75 Å². The van der Waals surface area contributed by atoms with Gasteiger partial charge >= 0.3 is 0 Å². The van der Waals surface area contributed by atoms with Gasteiger partial charge in [0.05, 0.1) is 36.1 Å². The predicted molar refractivity (Wildman–Crippen MR) is 109 cm³/mol. The first-order valence-corrected chi connectivity index (χ1v) is 9.94. The van der Waals surface area contributed by atoms with Gasteiger partial charge in [0, 0.05) is 32.6 Å². The Morgan fingerprint density at radius 1 is 1.31 bits per heavy atom. The summed E-state index contributed by atoms with van der Waals surface area (Å²) in [5.74, 6) is 1.21. The Hall–Kier alpha value is -3.03. The molecule has 1 unspecified atom stereocenters. The quantitative estimate of drug-likeness (QED) is 0.777. The van der Waals surface area contributed by atoms with Gasteiger partial charge in [-0.05, 0) is 37.1 Å². The topological polar surface area (TPSA) is 90.6 Å². The number of fused-ring (bicyclic) bond motifs is 1. The van der Waals surface area contributed by atoms with E-state index in [0.717, 1.165) is 22.8 Å². The molecule has 1 aromatic carbocycles. The van der Waals surface area contributed by atoms with Crippen molar-refractivity contribution in [2.24, 2.45) is 0 Å². The molecule has 1 fully saturated rings. The highest BCUT2D eigenvalue weighted by Gasteiger charge is 2.28. The largest absolute Gasteiger partial charge is 0.489 e. The number of nitrogens with one attached hydrogen (secondary N) is 2. The molecule has 0 spiro atoms. The molecule has 0 bridgehead atoms. The second kappa shape index (κ2) is 7.77. The van der Waals surface area contributed by atoms with Crippen LogP contribution >= 0.6 is 0 Å². The molecule has 8 nitrogen and oxygen atoms in total. The Morgan fingerprint density at radius 2 is 2.10 bits per heavy atom. The van der Waals surface area contributed by atoms with Gasteiger partial charge in [-0.3, -0.25) is 14.7 Å². The number of carbonyl (C=O) groups is 2. The molecule has 29 heavy (non-hydrogen) atoms. The van der Waals surface area contributed by atoms with Gasteiger partial charge in [-0.1, -0.05) is 0 Å². The molecule has 4 rings (SSSR count). The first-order valence-electron chi connectivity index (χ1n) is 9.94. The number of anilines is 1. The molecule has 1 saturated carbocycles. The van der Waals surface area contributed by atoms with Crippen molar-refractivity contribution in [3.05, 3.63) is 41.2 Å². The van der Waals surface area contributed by atoms with Crippen LogP contribution in [-0.4, -0.2) is 60.7 Å². The number of rotatable bonds is 6. The second-order valence-electron chi connectivity index (χ2n) is 8.03. The summed E-state index contributed by atoms with van der Waals surface area (Å²) in [6.45, 7) is 0.863. The third-order valence-corrected chi connectivity index (χ3v) is 5.51. The van der Waals surface area contributed by atoms with Crippen molar-refractivity contribution in [1.29, 1.82) is 0 Å². The van der Waals surface area contributed by atoms with E-state index >= 15 is 0 Å². The van der Waals surface area contributed by atoms with Crippen molar-refractivity contribution >= 4 is 17.5 Å². The van der Waals surface area contributed by atoms with Gasteiger partial charge in [-0.15, -0.1) is 0 Å². The highest BCUT2D eigenvalue weighted by Crippen LogP contribution is 2.39. The first kappa shape index (κ1) is 19.3. The van der Waals surface area contributed by atoms with Crippen LogP contribution in [0.15, 0.2) is 24.3 Å². The minimum atomic E-state index is -0.101. The van der Waals surface area contributed by atoms with Crippen LogP contribution in [-0.2, 0) is 11.3 Å². The van der Waals surface area contributed by atoms with Crippen LogP contribution in [0.1, 0.15) is 46.9 Å². The lowest BCUT2D eigenvalue weighted by Crippen LogP contribution is -2.43. The van der Waals surface area contributed by atoms with Gasteiger partial charge in [0.15, 0.2) is 0 Å². The van der Waals surface area contributed by atoms with Crippen LogP contribution in [0.25, 0.3) is 0 Å². The zero-order chi connectivity index (χ0) is 20.5. The van der Waals surface area contributed by atoms with Gasteiger partial charge in [-0.2, -0.15) is 5.10 Å². The fourth-order valence-electron chi connectivity index (χ4n) is 3.53. The first-order chi connectivity index (χ1) is 13.9. The average molecular weight is 397 g/mol. The lowest BCUT2D eigenvalue weighted by atomic mass is 10.1. The maximum Gasteiger partial charge on any atom is 0.253 e. The van der Waals surface area contributed by atoms with E-state index in [9.17, 15) is 9.59 Å². The minimum absolute atomic E-state index is 0.0444. The molecule has 0 saturated heterocycles. The van der Waals surface area contributed by atoms with Crippen molar-refractivity contribution in [3.8, 4) is 5.75 Å². The molecule has 1 atom stereocenters. The van der Waals surface area contributed by atoms with Gasteiger partial charge in [0.25, 0.3) is 5.91 Å². The van der Waals surface area contributed by atoms with E-state index in [4.69, 9.17) is 4.74 Å². The molecule has 1 aliphatic heterocycles. The van der Waals surface area contributed by atoms with Crippen molar-refractivity contribution in [1.82, 2.24) is 20.4 Å². The van der Waals surface area contributed by atoms with Gasteiger partial charge in [0.2, 0.25) is 5.91 Å². The lowest BCUT2D eigenvalue weighted by molar-refractivity contribution is -0.121. The van der Waals surface area contributed by atoms with E-state index in [-0.39, 0.29) is 17.9 Å². The van der Waals surface area contributed by atoms with Crippen molar-refractivity contribution in [3.63, 3.8) is 0 Å². The fourth-order valence-corrected chi connectivity index (χ4v) is 3.53. The number of carbonyl (C=O) groups excluding carboxylic acids is 2. The molecule has 2 heterocycles. The van der Waals surface area contributed by atoms with E-state index in [2.05, 4.69) is 15.5 Å².